The fraction of sp³-hybridized carbons (Fsp3) is 0.636. The minimum Gasteiger partial charge on any atom is -0.374 e. The Morgan fingerprint density at radius 2 is 1.19 bits per heavy atom. The highest BCUT2D eigenvalue weighted by Gasteiger charge is 2.47. The molecule has 0 radical (unpaired) electrons. The first kappa shape index (κ1) is 29.8. The van der Waals surface area contributed by atoms with Crippen LogP contribution in [0.4, 0.5) is 0 Å². The Balaban J connectivity index is 1.70. The molecule has 4 nitrogen and oxygen atoms in total. The lowest BCUT2D eigenvalue weighted by molar-refractivity contribution is -0.0898. The van der Waals surface area contributed by atoms with Crippen LogP contribution in [0, 0.1) is 0 Å². The maximum Gasteiger partial charge on any atom is 0.102 e. The summed E-state index contributed by atoms with van der Waals surface area (Å²) in [6.45, 7) is 7.64. The molecule has 0 spiro atoms. The number of nitrogens with zero attached hydrogens (tertiary/aromatic N) is 1. The molecular formula is C33H51NO3. The lowest BCUT2D eigenvalue weighted by Crippen LogP contribution is -2.48. The van der Waals surface area contributed by atoms with Crippen molar-refractivity contribution in [3.05, 3.63) is 71.8 Å². The average Bonchev–Trinajstić information content (AvgIpc) is 3.29. The van der Waals surface area contributed by atoms with Crippen LogP contribution in [0.25, 0.3) is 0 Å². The van der Waals surface area contributed by atoms with Gasteiger partial charge in [0.15, 0.2) is 0 Å². The van der Waals surface area contributed by atoms with Crippen molar-refractivity contribution in [2.45, 2.75) is 116 Å². The smallest absolute Gasteiger partial charge is 0.102 e. The van der Waals surface area contributed by atoms with Crippen LogP contribution >= 0.6 is 0 Å². The summed E-state index contributed by atoms with van der Waals surface area (Å²) in [6.07, 6.45) is 12.3. The number of likely N-dealkylation sites (N-methyl/N-ethyl adjacent to an activating group) is 1. The molecule has 0 heterocycles. The zero-order valence-electron chi connectivity index (χ0n) is 23.7. The quantitative estimate of drug-likeness (QED) is 0.181. The van der Waals surface area contributed by atoms with Gasteiger partial charge in [-0.2, -0.15) is 0 Å². The Labute approximate surface area is 226 Å². The Hall–Kier alpha value is -1.72. The largest absolute Gasteiger partial charge is 0.374 e. The van der Waals surface area contributed by atoms with E-state index in [1.807, 2.05) is 0 Å². The van der Waals surface area contributed by atoms with Gasteiger partial charge in [0.2, 0.25) is 0 Å². The molecule has 0 saturated heterocycles. The second kappa shape index (κ2) is 17.7. The Morgan fingerprint density at radius 3 is 1.78 bits per heavy atom. The summed E-state index contributed by atoms with van der Waals surface area (Å²) in [5.74, 6) is 0. The first-order valence-corrected chi connectivity index (χ1v) is 14.9. The lowest BCUT2D eigenvalue weighted by atomic mass is 10.1. The second-order valence-corrected chi connectivity index (χ2v) is 10.7. The van der Waals surface area contributed by atoms with Gasteiger partial charge < -0.3 is 14.2 Å². The molecule has 1 saturated carbocycles. The van der Waals surface area contributed by atoms with E-state index in [2.05, 4.69) is 86.5 Å². The molecular weight excluding hydrogens is 458 g/mol. The summed E-state index contributed by atoms with van der Waals surface area (Å²) in [6, 6.07) is 21.2. The van der Waals surface area contributed by atoms with E-state index in [-0.39, 0.29) is 24.4 Å². The van der Waals surface area contributed by atoms with Gasteiger partial charge in [0, 0.05) is 13.0 Å². The first-order valence-electron chi connectivity index (χ1n) is 14.9. The summed E-state index contributed by atoms with van der Waals surface area (Å²) in [4.78, 5) is 2.50. The monoisotopic (exact) mass is 509 g/mol. The van der Waals surface area contributed by atoms with Crippen LogP contribution in [0.2, 0.25) is 0 Å². The predicted molar refractivity (Wildman–Crippen MR) is 154 cm³/mol. The number of hydrogen-bond acceptors (Lipinski definition) is 4. The van der Waals surface area contributed by atoms with Crippen LogP contribution < -0.4 is 0 Å². The molecule has 3 rings (SSSR count). The van der Waals surface area contributed by atoms with Crippen LogP contribution in [-0.2, 0) is 27.4 Å². The number of hydrogen-bond donors (Lipinski definition) is 0. The van der Waals surface area contributed by atoms with Gasteiger partial charge in [-0.1, -0.05) is 119 Å². The molecule has 4 atom stereocenters. The third-order valence-corrected chi connectivity index (χ3v) is 7.59. The van der Waals surface area contributed by atoms with E-state index >= 15 is 0 Å². The molecule has 2 aromatic carbocycles. The van der Waals surface area contributed by atoms with Crippen molar-refractivity contribution >= 4 is 0 Å². The lowest BCUT2D eigenvalue weighted by Gasteiger charge is -2.34. The molecule has 0 amide bonds. The zero-order valence-corrected chi connectivity index (χ0v) is 23.7. The van der Waals surface area contributed by atoms with E-state index in [9.17, 15) is 0 Å². The summed E-state index contributed by atoms with van der Waals surface area (Å²) in [7, 11) is 2.26. The number of ether oxygens (including phenoxy) is 3. The molecule has 0 unspecified atom stereocenters. The van der Waals surface area contributed by atoms with Crippen LogP contribution in [-0.4, -0.2) is 49.5 Å². The van der Waals surface area contributed by atoms with Gasteiger partial charge in [-0.3, -0.25) is 4.90 Å². The molecule has 0 aliphatic heterocycles. The van der Waals surface area contributed by atoms with Crippen molar-refractivity contribution in [1.82, 2.24) is 4.90 Å². The standard InChI is InChI=1S/C33H51NO3/c1-4-6-8-10-18-24-35-33-31(37-27-29-21-15-12-16-22-29)25-30(36-26-28-19-13-11-14-20-28)32(33)34(3)23-17-9-7-5-2/h11-16,19-22,30-33H,4-10,17-18,23-27H2,1-3H3/t30-,31+,32+,33+/m1/s1. The van der Waals surface area contributed by atoms with Gasteiger partial charge in [-0.15, -0.1) is 0 Å². The van der Waals surface area contributed by atoms with Gasteiger partial charge in [0.05, 0.1) is 31.5 Å². The summed E-state index contributed by atoms with van der Waals surface area (Å²) < 4.78 is 19.9. The summed E-state index contributed by atoms with van der Waals surface area (Å²) in [5, 5.41) is 0. The van der Waals surface area contributed by atoms with Gasteiger partial charge in [-0.05, 0) is 37.6 Å². The van der Waals surface area contributed by atoms with Crippen molar-refractivity contribution in [2.24, 2.45) is 0 Å². The SMILES string of the molecule is CCCCCCCO[C@@H]1[C@@H](N(C)CCCCCC)[C@H](OCc2ccccc2)C[C@@H]1OCc1ccccc1. The molecule has 0 bridgehead atoms. The number of benzene rings is 2. The Kier molecular flexibility index (Phi) is 14.3. The van der Waals surface area contributed by atoms with Crippen LogP contribution in [0.15, 0.2) is 60.7 Å². The molecule has 4 heteroatoms. The predicted octanol–water partition coefficient (Wildman–Crippen LogP) is 7.80. The van der Waals surface area contributed by atoms with E-state index < -0.39 is 0 Å². The molecule has 1 aliphatic carbocycles. The van der Waals surface area contributed by atoms with Gasteiger partial charge >= 0.3 is 0 Å². The van der Waals surface area contributed by atoms with E-state index in [1.165, 1.54) is 62.5 Å². The van der Waals surface area contributed by atoms with Crippen molar-refractivity contribution < 1.29 is 14.2 Å². The first-order chi connectivity index (χ1) is 18.2. The molecule has 206 valence electrons. The molecule has 0 aromatic heterocycles. The van der Waals surface area contributed by atoms with E-state index in [0.717, 1.165) is 26.0 Å². The fourth-order valence-corrected chi connectivity index (χ4v) is 5.42. The Morgan fingerprint density at radius 1 is 0.649 bits per heavy atom. The topological polar surface area (TPSA) is 30.9 Å². The minimum atomic E-state index is 0.0202. The minimum absolute atomic E-state index is 0.0202. The van der Waals surface area contributed by atoms with Crippen LogP contribution in [0.3, 0.4) is 0 Å². The maximum atomic E-state index is 6.68. The van der Waals surface area contributed by atoms with E-state index in [4.69, 9.17) is 14.2 Å². The average molecular weight is 510 g/mol. The maximum absolute atomic E-state index is 6.68. The summed E-state index contributed by atoms with van der Waals surface area (Å²) in [5.41, 5.74) is 2.42. The molecule has 37 heavy (non-hydrogen) atoms. The van der Waals surface area contributed by atoms with Gasteiger partial charge in [0.1, 0.15) is 6.10 Å². The fourth-order valence-electron chi connectivity index (χ4n) is 5.42. The van der Waals surface area contributed by atoms with E-state index in [1.54, 1.807) is 0 Å². The zero-order chi connectivity index (χ0) is 26.1. The van der Waals surface area contributed by atoms with E-state index in [0.29, 0.717) is 13.2 Å². The highest BCUT2D eigenvalue weighted by atomic mass is 16.6. The highest BCUT2D eigenvalue weighted by molar-refractivity contribution is 5.15. The number of rotatable bonds is 19. The highest BCUT2D eigenvalue weighted by Crippen LogP contribution is 2.33. The van der Waals surface area contributed by atoms with Crippen molar-refractivity contribution in [2.75, 3.05) is 20.2 Å². The molecule has 0 N–H and O–H groups in total. The Bertz CT molecular complexity index is 815. The van der Waals surface area contributed by atoms with Crippen LogP contribution in [0.1, 0.15) is 89.2 Å². The molecule has 1 fully saturated rings. The van der Waals surface area contributed by atoms with Gasteiger partial charge in [-0.25, -0.2) is 0 Å². The van der Waals surface area contributed by atoms with Crippen LogP contribution in [0.5, 0.6) is 0 Å². The number of unbranched alkanes of at least 4 members (excludes halogenated alkanes) is 7. The normalized spacial score (nSPS) is 21.6. The molecule has 2 aromatic rings. The van der Waals surface area contributed by atoms with Gasteiger partial charge in [0.25, 0.3) is 0 Å². The second-order valence-electron chi connectivity index (χ2n) is 10.7. The third kappa shape index (κ3) is 10.5. The summed E-state index contributed by atoms with van der Waals surface area (Å²) >= 11 is 0. The van der Waals surface area contributed by atoms with Crippen molar-refractivity contribution in [3.63, 3.8) is 0 Å². The third-order valence-electron chi connectivity index (χ3n) is 7.59. The van der Waals surface area contributed by atoms with Crippen molar-refractivity contribution in [3.8, 4) is 0 Å². The van der Waals surface area contributed by atoms with Crippen molar-refractivity contribution in [1.29, 1.82) is 0 Å². The molecule has 1 aliphatic rings.